The summed E-state index contributed by atoms with van der Waals surface area (Å²) in [6, 6.07) is 2.04. The maximum absolute atomic E-state index is 14.3. The van der Waals surface area contributed by atoms with Crippen molar-refractivity contribution in [2.24, 2.45) is 5.41 Å². The third kappa shape index (κ3) is 5.09. The van der Waals surface area contributed by atoms with Gasteiger partial charge in [-0.2, -0.15) is 0 Å². The van der Waals surface area contributed by atoms with Crippen LogP contribution in [0, 0.1) is 11.2 Å². The minimum Gasteiger partial charge on any atom is -0.314 e. The van der Waals surface area contributed by atoms with Gasteiger partial charge in [0.05, 0.1) is 11.1 Å². The molecule has 1 aromatic rings. The molecule has 1 spiro atoms. The van der Waals surface area contributed by atoms with Crippen LogP contribution in [0.15, 0.2) is 17.0 Å². The molecule has 1 unspecified atom stereocenters. The summed E-state index contributed by atoms with van der Waals surface area (Å²) in [7, 11) is 0. The second kappa shape index (κ2) is 10.6. The van der Waals surface area contributed by atoms with E-state index in [1.165, 1.54) is 62.8 Å². The lowest BCUT2D eigenvalue weighted by Gasteiger charge is -2.54. The van der Waals surface area contributed by atoms with Crippen LogP contribution in [0.4, 0.5) is 4.39 Å². The maximum atomic E-state index is 14.3. The molecule has 194 valence electrons. The first-order chi connectivity index (χ1) is 17.4. The number of nitrogens with zero attached hydrogens (tertiary/aromatic N) is 1. The third-order valence-corrected chi connectivity index (χ3v) is 9.38. The van der Waals surface area contributed by atoms with Gasteiger partial charge in [-0.1, -0.05) is 25.7 Å². The summed E-state index contributed by atoms with van der Waals surface area (Å²) in [4.78, 5) is 51.1. The van der Waals surface area contributed by atoms with Crippen molar-refractivity contribution in [3.05, 3.63) is 29.1 Å². The van der Waals surface area contributed by atoms with Crippen molar-refractivity contribution in [1.29, 1.82) is 0 Å². The quantitative estimate of drug-likeness (QED) is 0.261. The number of imide groups is 2. The van der Waals surface area contributed by atoms with E-state index in [0.717, 1.165) is 54.0 Å². The van der Waals surface area contributed by atoms with Crippen molar-refractivity contribution >= 4 is 35.4 Å². The first-order valence-electron chi connectivity index (χ1n) is 13.3. The van der Waals surface area contributed by atoms with Crippen LogP contribution in [0.3, 0.4) is 0 Å². The zero-order valence-corrected chi connectivity index (χ0v) is 21.4. The van der Waals surface area contributed by atoms with Gasteiger partial charge in [0.1, 0.15) is 11.9 Å². The summed E-state index contributed by atoms with van der Waals surface area (Å²) in [6.07, 6.45) is 12.7. The predicted octanol–water partition coefficient (Wildman–Crippen LogP) is 4.19. The van der Waals surface area contributed by atoms with Crippen LogP contribution in [0.1, 0.15) is 97.8 Å². The average Bonchev–Trinajstić information content (AvgIpc) is 3.02. The van der Waals surface area contributed by atoms with E-state index in [4.69, 9.17) is 0 Å². The Bertz CT molecular complexity index is 1070. The summed E-state index contributed by atoms with van der Waals surface area (Å²) >= 11 is 1.38. The molecule has 36 heavy (non-hydrogen) atoms. The summed E-state index contributed by atoms with van der Waals surface area (Å²) in [5.41, 5.74) is 0.884. The second-order valence-corrected chi connectivity index (χ2v) is 11.9. The number of halogens is 1. The summed E-state index contributed by atoms with van der Waals surface area (Å²) < 4.78 is 14.3. The van der Waals surface area contributed by atoms with E-state index < -0.39 is 35.5 Å². The number of carbonyl (C=O) groups excluding carboxylic acids is 4. The highest BCUT2D eigenvalue weighted by Crippen LogP contribution is 2.55. The second-order valence-electron chi connectivity index (χ2n) is 10.8. The molecule has 1 aromatic carbocycles. The van der Waals surface area contributed by atoms with Gasteiger partial charge in [-0.15, -0.1) is 11.8 Å². The van der Waals surface area contributed by atoms with Gasteiger partial charge >= 0.3 is 0 Å². The number of unbranched alkanes of at least 4 members (excludes halogenated alkanes) is 4. The maximum Gasteiger partial charge on any atom is 0.263 e. The first-order valence-corrected chi connectivity index (χ1v) is 14.3. The molecule has 1 atom stereocenters. The molecule has 2 heterocycles. The summed E-state index contributed by atoms with van der Waals surface area (Å²) in [5.74, 6) is -2.21. The van der Waals surface area contributed by atoms with Gasteiger partial charge in [0.2, 0.25) is 11.8 Å². The monoisotopic (exact) mass is 515 g/mol. The summed E-state index contributed by atoms with van der Waals surface area (Å²) in [6.45, 7) is 1.09. The zero-order chi connectivity index (χ0) is 25.3. The number of rotatable bonds is 11. The standard InChI is InChI=1S/C27H34FN3O4S/c28-17-13-19-23(26(35)31(25(19)34)20-7-8-22(32)30-24(20)33)21(14-17)36-12-5-3-1-2-4-11-29-18-15-27(16-18)9-6-10-27/h13-14,18,20,29H,1-12,15-16H2,(H,30,32,33). The van der Waals surface area contributed by atoms with Crippen molar-refractivity contribution in [2.45, 2.75) is 94.0 Å². The van der Waals surface area contributed by atoms with Crippen LogP contribution in [0.25, 0.3) is 0 Å². The smallest absolute Gasteiger partial charge is 0.263 e. The van der Waals surface area contributed by atoms with Crippen LogP contribution >= 0.6 is 11.8 Å². The van der Waals surface area contributed by atoms with E-state index in [1.807, 2.05) is 0 Å². The van der Waals surface area contributed by atoms with E-state index in [9.17, 15) is 23.6 Å². The van der Waals surface area contributed by atoms with Crippen LogP contribution in [0.5, 0.6) is 0 Å². The highest BCUT2D eigenvalue weighted by molar-refractivity contribution is 7.99. The normalized spacial score (nSPS) is 23.0. The third-order valence-electron chi connectivity index (χ3n) is 8.26. The molecular weight excluding hydrogens is 481 g/mol. The van der Waals surface area contributed by atoms with Gasteiger partial charge in [-0.3, -0.25) is 29.4 Å². The van der Waals surface area contributed by atoms with Gasteiger partial charge in [0, 0.05) is 17.4 Å². The molecule has 2 aliphatic heterocycles. The van der Waals surface area contributed by atoms with E-state index in [1.54, 1.807) is 0 Å². The Morgan fingerprint density at radius 2 is 1.78 bits per heavy atom. The Kier molecular flexibility index (Phi) is 7.49. The Balaban J connectivity index is 1.05. The molecular formula is C27H34FN3O4S. The molecule has 5 rings (SSSR count). The van der Waals surface area contributed by atoms with Crippen molar-refractivity contribution in [1.82, 2.24) is 15.5 Å². The molecule has 7 nitrogen and oxygen atoms in total. The van der Waals surface area contributed by atoms with E-state index in [2.05, 4.69) is 10.6 Å². The Morgan fingerprint density at radius 1 is 1.03 bits per heavy atom. The van der Waals surface area contributed by atoms with E-state index in [-0.39, 0.29) is 24.0 Å². The highest BCUT2D eigenvalue weighted by atomic mass is 32.2. The number of piperidine rings is 1. The number of nitrogens with one attached hydrogen (secondary N) is 2. The lowest BCUT2D eigenvalue weighted by Crippen LogP contribution is -2.54. The highest BCUT2D eigenvalue weighted by Gasteiger charge is 2.48. The molecule has 0 radical (unpaired) electrons. The molecule has 2 saturated carbocycles. The average molecular weight is 516 g/mol. The van der Waals surface area contributed by atoms with Crippen molar-refractivity contribution in [3.8, 4) is 0 Å². The topological polar surface area (TPSA) is 95.6 Å². The lowest BCUT2D eigenvalue weighted by atomic mass is 9.54. The fourth-order valence-electron chi connectivity index (χ4n) is 6.10. The van der Waals surface area contributed by atoms with Crippen LogP contribution < -0.4 is 10.6 Å². The van der Waals surface area contributed by atoms with Gasteiger partial charge in [0.25, 0.3) is 11.8 Å². The molecule has 0 bridgehead atoms. The van der Waals surface area contributed by atoms with E-state index in [0.29, 0.717) is 4.90 Å². The Labute approximate surface area is 215 Å². The minimum absolute atomic E-state index is 0.00519. The number of hydrogen-bond donors (Lipinski definition) is 2. The first kappa shape index (κ1) is 25.4. The van der Waals surface area contributed by atoms with Crippen molar-refractivity contribution in [3.63, 3.8) is 0 Å². The number of thioether (sulfide) groups is 1. The number of hydrogen-bond acceptors (Lipinski definition) is 6. The van der Waals surface area contributed by atoms with Crippen molar-refractivity contribution in [2.75, 3.05) is 12.3 Å². The number of benzene rings is 1. The Morgan fingerprint density at radius 3 is 2.50 bits per heavy atom. The van der Waals surface area contributed by atoms with Crippen LogP contribution in [0.2, 0.25) is 0 Å². The largest absolute Gasteiger partial charge is 0.314 e. The Hall–Kier alpha value is -2.26. The van der Waals surface area contributed by atoms with Gasteiger partial charge in [0.15, 0.2) is 0 Å². The number of amides is 4. The molecule has 2 N–H and O–H groups in total. The molecule has 4 amide bonds. The molecule has 3 fully saturated rings. The number of fused-ring (bicyclic) bond motifs is 1. The lowest BCUT2D eigenvalue weighted by molar-refractivity contribution is -0.136. The fourth-order valence-corrected chi connectivity index (χ4v) is 7.21. The zero-order valence-electron chi connectivity index (χ0n) is 20.6. The molecule has 4 aliphatic rings. The minimum atomic E-state index is -1.05. The predicted molar refractivity (Wildman–Crippen MR) is 134 cm³/mol. The SMILES string of the molecule is O=C1CCC(N2C(=O)c3cc(F)cc(SCCCCCCCNC4CC5(CCC5)C4)c3C2=O)C(=O)N1. The van der Waals surface area contributed by atoms with E-state index >= 15 is 0 Å². The van der Waals surface area contributed by atoms with Gasteiger partial charge < -0.3 is 5.32 Å². The van der Waals surface area contributed by atoms with Crippen LogP contribution in [-0.4, -0.2) is 52.9 Å². The number of carbonyl (C=O) groups is 4. The molecule has 1 saturated heterocycles. The fraction of sp³-hybridized carbons (Fsp3) is 0.630. The molecule has 0 aromatic heterocycles. The molecule has 2 aliphatic carbocycles. The van der Waals surface area contributed by atoms with Crippen LogP contribution in [-0.2, 0) is 9.59 Å². The molecule has 9 heteroatoms. The van der Waals surface area contributed by atoms with Gasteiger partial charge in [-0.05, 0) is 74.8 Å². The summed E-state index contributed by atoms with van der Waals surface area (Å²) in [5, 5.41) is 5.87. The van der Waals surface area contributed by atoms with Crippen molar-refractivity contribution < 1.29 is 23.6 Å². The van der Waals surface area contributed by atoms with Gasteiger partial charge in [-0.25, -0.2) is 4.39 Å².